The van der Waals surface area contributed by atoms with Crippen LogP contribution in [-0.4, -0.2) is 48.3 Å². The number of aromatic nitrogens is 3. The highest BCUT2D eigenvalue weighted by Crippen LogP contribution is 2.28. The maximum absolute atomic E-state index is 12.6. The summed E-state index contributed by atoms with van der Waals surface area (Å²) in [6, 6.07) is 17.9. The Morgan fingerprint density at radius 2 is 1.72 bits per heavy atom. The number of ether oxygens (including phenoxy) is 1. The third-order valence-electron chi connectivity index (χ3n) is 5.60. The highest BCUT2D eigenvalue weighted by atomic mass is 16.5. The molecule has 162 valence electrons. The van der Waals surface area contributed by atoms with Crippen molar-refractivity contribution in [3.8, 4) is 11.3 Å². The fraction of sp³-hybridized carbons (Fsp3) is 0.208. The molecular formula is C24H24N6O2. The maximum Gasteiger partial charge on any atom is 0.262 e. The van der Waals surface area contributed by atoms with Crippen molar-refractivity contribution in [1.29, 1.82) is 0 Å². The van der Waals surface area contributed by atoms with E-state index in [2.05, 4.69) is 37.6 Å². The first-order valence-corrected chi connectivity index (χ1v) is 10.6. The Morgan fingerprint density at radius 1 is 1.00 bits per heavy atom. The van der Waals surface area contributed by atoms with Crippen molar-refractivity contribution in [2.75, 3.05) is 48.9 Å². The monoisotopic (exact) mass is 428 g/mol. The Balaban J connectivity index is 1.51. The second-order valence-electron chi connectivity index (χ2n) is 7.58. The van der Waals surface area contributed by atoms with Gasteiger partial charge in [-0.1, -0.05) is 12.1 Å². The van der Waals surface area contributed by atoms with Crippen molar-refractivity contribution in [1.82, 2.24) is 15.0 Å². The van der Waals surface area contributed by atoms with Gasteiger partial charge in [-0.3, -0.25) is 4.79 Å². The molecule has 3 N–H and O–H groups in total. The summed E-state index contributed by atoms with van der Waals surface area (Å²) in [5, 5.41) is 6.87. The molecule has 0 radical (unpaired) electrons. The molecular weight excluding hydrogens is 404 g/mol. The second-order valence-corrected chi connectivity index (χ2v) is 7.58. The van der Waals surface area contributed by atoms with Gasteiger partial charge in [-0.2, -0.15) is 0 Å². The van der Waals surface area contributed by atoms with Gasteiger partial charge in [0.1, 0.15) is 11.2 Å². The average Bonchev–Trinajstić information content (AvgIpc) is 2.85. The Morgan fingerprint density at radius 3 is 2.44 bits per heavy atom. The van der Waals surface area contributed by atoms with E-state index >= 15 is 0 Å². The summed E-state index contributed by atoms with van der Waals surface area (Å²) < 4.78 is 5.43. The largest absolute Gasteiger partial charge is 0.388 e. The van der Waals surface area contributed by atoms with E-state index in [1.54, 1.807) is 0 Å². The smallest absolute Gasteiger partial charge is 0.262 e. The van der Waals surface area contributed by atoms with Crippen molar-refractivity contribution in [2.24, 2.45) is 0 Å². The minimum absolute atomic E-state index is 0.230. The standard InChI is InChI=1S/C24H24N6O2/c1-25-17-4-2-16(3-5-17)20-14-21-22(24(31)27-15-26-21)23(29-20)28-18-6-8-19(9-7-18)30-10-12-32-13-11-30/h2-9,14-15,25H,10-13H2,1H3,(H,28,29)(H,26,27,31). The SMILES string of the molecule is CNc1ccc(-c2cc3nc[nH]c(=O)c3c(Nc3ccc(N4CCOCC4)cc3)n2)cc1. The number of aromatic amines is 1. The van der Waals surface area contributed by atoms with E-state index in [0.717, 1.165) is 54.6 Å². The summed E-state index contributed by atoms with van der Waals surface area (Å²) in [5.41, 5.74) is 5.05. The van der Waals surface area contributed by atoms with E-state index in [0.29, 0.717) is 16.7 Å². The van der Waals surface area contributed by atoms with E-state index in [1.807, 2.05) is 49.5 Å². The van der Waals surface area contributed by atoms with Gasteiger partial charge < -0.3 is 25.3 Å². The molecule has 5 rings (SSSR count). The van der Waals surface area contributed by atoms with Crippen LogP contribution in [0.2, 0.25) is 0 Å². The number of hydrogen-bond acceptors (Lipinski definition) is 7. The van der Waals surface area contributed by atoms with E-state index in [9.17, 15) is 4.79 Å². The van der Waals surface area contributed by atoms with E-state index < -0.39 is 0 Å². The van der Waals surface area contributed by atoms with Gasteiger partial charge in [0, 0.05) is 42.8 Å². The molecule has 1 aliphatic rings. The van der Waals surface area contributed by atoms with Crippen molar-refractivity contribution < 1.29 is 4.74 Å². The molecule has 1 saturated heterocycles. The number of fused-ring (bicyclic) bond motifs is 1. The Hall–Kier alpha value is -3.91. The number of benzene rings is 2. The predicted octanol–water partition coefficient (Wildman–Crippen LogP) is 3.61. The number of morpholine rings is 1. The molecule has 1 fully saturated rings. The molecule has 0 atom stereocenters. The summed E-state index contributed by atoms with van der Waals surface area (Å²) in [5.74, 6) is 0.476. The normalized spacial score (nSPS) is 13.8. The number of hydrogen-bond donors (Lipinski definition) is 3. The Labute approximate surface area is 185 Å². The van der Waals surface area contributed by atoms with Crippen molar-refractivity contribution in [2.45, 2.75) is 0 Å². The molecule has 2 aromatic carbocycles. The number of pyridine rings is 1. The van der Waals surface area contributed by atoms with E-state index in [4.69, 9.17) is 9.72 Å². The van der Waals surface area contributed by atoms with Crippen LogP contribution in [0.15, 0.2) is 65.7 Å². The summed E-state index contributed by atoms with van der Waals surface area (Å²) in [6.45, 7) is 3.25. The lowest BCUT2D eigenvalue weighted by Gasteiger charge is -2.28. The van der Waals surface area contributed by atoms with Crippen LogP contribution in [0.25, 0.3) is 22.2 Å². The first-order valence-electron chi connectivity index (χ1n) is 10.6. The van der Waals surface area contributed by atoms with Gasteiger partial charge in [-0.05, 0) is 42.5 Å². The molecule has 0 spiro atoms. The molecule has 0 bridgehead atoms. The molecule has 0 aliphatic carbocycles. The number of rotatable bonds is 5. The fourth-order valence-electron chi connectivity index (χ4n) is 3.85. The molecule has 1 aliphatic heterocycles. The van der Waals surface area contributed by atoms with Crippen molar-refractivity contribution in [3.05, 3.63) is 71.3 Å². The number of anilines is 4. The predicted molar refractivity (Wildman–Crippen MR) is 128 cm³/mol. The van der Waals surface area contributed by atoms with Crippen molar-refractivity contribution in [3.63, 3.8) is 0 Å². The van der Waals surface area contributed by atoms with Crippen LogP contribution in [-0.2, 0) is 4.74 Å². The van der Waals surface area contributed by atoms with Crippen LogP contribution in [0.3, 0.4) is 0 Å². The van der Waals surface area contributed by atoms with Crippen LogP contribution >= 0.6 is 0 Å². The highest BCUT2D eigenvalue weighted by Gasteiger charge is 2.14. The van der Waals surface area contributed by atoms with Crippen LogP contribution in [0.5, 0.6) is 0 Å². The maximum atomic E-state index is 12.6. The lowest BCUT2D eigenvalue weighted by Crippen LogP contribution is -2.36. The zero-order chi connectivity index (χ0) is 21.9. The van der Waals surface area contributed by atoms with Crippen LogP contribution in [0, 0.1) is 0 Å². The second kappa shape index (κ2) is 8.68. The summed E-state index contributed by atoms with van der Waals surface area (Å²) >= 11 is 0. The molecule has 0 saturated carbocycles. The molecule has 0 amide bonds. The van der Waals surface area contributed by atoms with E-state index in [1.165, 1.54) is 6.33 Å². The van der Waals surface area contributed by atoms with Gasteiger partial charge in [0.15, 0.2) is 0 Å². The van der Waals surface area contributed by atoms with Crippen LogP contribution in [0.4, 0.5) is 22.9 Å². The topological polar surface area (TPSA) is 95.2 Å². The molecule has 8 nitrogen and oxygen atoms in total. The summed E-state index contributed by atoms with van der Waals surface area (Å²) in [7, 11) is 1.88. The van der Waals surface area contributed by atoms with Crippen LogP contribution in [0.1, 0.15) is 0 Å². The molecule has 0 unspecified atom stereocenters. The minimum atomic E-state index is -0.230. The molecule has 2 aromatic heterocycles. The third kappa shape index (κ3) is 4.00. The lowest BCUT2D eigenvalue weighted by atomic mass is 10.1. The minimum Gasteiger partial charge on any atom is -0.388 e. The zero-order valence-corrected chi connectivity index (χ0v) is 17.8. The Kier molecular flexibility index (Phi) is 5.43. The van der Waals surface area contributed by atoms with Gasteiger partial charge >= 0.3 is 0 Å². The van der Waals surface area contributed by atoms with Gasteiger partial charge in [0.05, 0.1) is 30.8 Å². The fourth-order valence-corrected chi connectivity index (χ4v) is 3.85. The van der Waals surface area contributed by atoms with Crippen LogP contribution < -0.4 is 21.1 Å². The van der Waals surface area contributed by atoms with Crippen molar-refractivity contribution >= 4 is 33.8 Å². The highest BCUT2D eigenvalue weighted by molar-refractivity contribution is 5.92. The molecule has 3 heterocycles. The molecule has 32 heavy (non-hydrogen) atoms. The lowest BCUT2D eigenvalue weighted by molar-refractivity contribution is 0.122. The average molecular weight is 428 g/mol. The number of H-pyrrole nitrogens is 1. The summed E-state index contributed by atoms with van der Waals surface area (Å²) in [4.78, 5) is 26.7. The zero-order valence-electron chi connectivity index (χ0n) is 17.8. The number of nitrogens with zero attached hydrogens (tertiary/aromatic N) is 3. The molecule has 8 heteroatoms. The first kappa shape index (κ1) is 20.0. The number of nitrogens with one attached hydrogen (secondary N) is 3. The quantitative estimate of drug-likeness (QED) is 0.447. The first-order chi connectivity index (χ1) is 15.7. The van der Waals surface area contributed by atoms with Gasteiger partial charge in [0.2, 0.25) is 0 Å². The summed E-state index contributed by atoms with van der Waals surface area (Å²) in [6.07, 6.45) is 1.42. The Bertz CT molecular complexity index is 1280. The van der Waals surface area contributed by atoms with Gasteiger partial charge in [0.25, 0.3) is 5.56 Å². The molecule has 4 aromatic rings. The third-order valence-corrected chi connectivity index (χ3v) is 5.60. The van der Waals surface area contributed by atoms with Gasteiger partial charge in [-0.25, -0.2) is 9.97 Å². The van der Waals surface area contributed by atoms with E-state index in [-0.39, 0.29) is 5.56 Å². The van der Waals surface area contributed by atoms with Gasteiger partial charge in [-0.15, -0.1) is 0 Å².